The van der Waals surface area contributed by atoms with Gasteiger partial charge in [0.05, 0.1) is 32.0 Å². The number of hydrogen-bond donors (Lipinski definition) is 0. The van der Waals surface area contributed by atoms with Crippen molar-refractivity contribution in [3.05, 3.63) is 54.2 Å². The highest BCUT2D eigenvalue weighted by molar-refractivity contribution is 5.92. The van der Waals surface area contributed by atoms with E-state index in [1.807, 2.05) is 68.1 Å². The van der Waals surface area contributed by atoms with Gasteiger partial charge in [0.1, 0.15) is 11.4 Å². The molecule has 192 valence electrons. The highest BCUT2D eigenvalue weighted by Crippen LogP contribution is 2.25. The van der Waals surface area contributed by atoms with Crippen molar-refractivity contribution in [1.82, 2.24) is 14.7 Å². The number of methoxy groups -OCH3 is 1. The van der Waals surface area contributed by atoms with Crippen molar-refractivity contribution >= 4 is 28.7 Å². The van der Waals surface area contributed by atoms with E-state index in [2.05, 4.69) is 5.10 Å². The Hall–Kier alpha value is -3.59. The monoisotopic (exact) mass is 494 g/mol. The maximum absolute atomic E-state index is 13.3. The molecule has 0 radical (unpaired) electrons. The van der Waals surface area contributed by atoms with Gasteiger partial charge in [-0.05, 0) is 63.1 Å². The second-order valence-corrected chi connectivity index (χ2v) is 10.0. The predicted molar refractivity (Wildman–Crippen MR) is 138 cm³/mol. The molecule has 1 fully saturated rings. The molecular weight excluding hydrogens is 460 g/mol. The third kappa shape index (κ3) is 5.79. The molecule has 36 heavy (non-hydrogen) atoms. The number of fused-ring (bicyclic) bond motifs is 1. The Morgan fingerprint density at radius 3 is 2.61 bits per heavy atom. The first-order valence-corrected chi connectivity index (χ1v) is 12.1. The minimum Gasteiger partial charge on any atom is -0.497 e. The lowest BCUT2D eigenvalue weighted by Crippen LogP contribution is -2.44. The number of aromatic nitrogens is 2. The van der Waals surface area contributed by atoms with Gasteiger partial charge in [0.15, 0.2) is 0 Å². The average molecular weight is 495 g/mol. The van der Waals surface area contributed by atoms with E-state index in [-0.39, 0.29) is 11.9 Å². The number of nitrogens with zero attached hydrogens (tertiary/aromatic N) is 4. The summed E-state index contributed by atoms with van der Waals surface area (Å²) < 4.78 is 17.9. The SMILES string of the molecule is COc1ccc(N(C)C(=O)N2CCOCC(Cc3cccc4c3cnn4C(=O)OC(C)(C)C)C2)cc1. The van der Waals surface area contributed by atoms with Crippen LogP contribution in [0.2, 0.25) is 0 Å². The molecule has 1 aromatic heterocycles. The van der Waals surface area contributed by atoms with Crippen LogP contribution in [-0.2, 0) is 15.9 Å². The molecule has 4 rings (SSSR count). The predicted octanol–water partition coefficient (Wildman–Crippen LogP) is 4.58. The number of carbonyl (C=O) groups is 2. The standard InChI is InChI=1S/C27H34N4O5/c1-27(2,3)36-26(33)31-24-8-6-7-20(23(24)16-28-31)15-19-17-30(13-14-35-18-19)25(32)29(4)21-9-11-22(34-5)12-10-21/h6-12,16,19H,13-15,17-18H2,1-5H3. The van der Waals surface area contributed by atoms with E-state index in [1.165, 1.54) is 4.68 Å². The minimum atomic E-state index is -0.611. The van der Waals surface area contributed by atoms with Crippen LogP contribution in [0, 0.1) is 5.92 Å². The number of hydrogen-bond acceptors (Lipinski definition) is 6. The molecule has 1 unspecified atom stereocenters. The van der Waals surface area contributed by atoms with Crippen LogP contribution in [0.4, 0.5) is 15.3 Å². The molecule has 2 amide bonds. The van der Waals surface area contributed by atoms with Crippen molar-refractivity contribution in [2.24, 2.45) is 5.92 Å². The van der Waals surface area contributed by atoms with Crippen LogP contribution in [0.25, 0.3) is 10.9 Å². The van der Waals surface area contributed by atoms with E-state index in [0.29, 0.717) is 38.2 Å². The molecule has 9 nitrogen and oxygen atoms in total. The molecule has 1 atom stereocenters. The number of urea groups is 1. The van der Waals surface area contributed by atoms with E-state index in [9.17, 15) is 9.59 Å². The third-order valence-electron chi connectivity index (χ3n) is 6.13. The molecule has 0 bridgehead atoms. The first-order valence-electron chi connectivity index (χ1n) is 12.1. The summed E-state index contributed by atoms with van der Waals surface area (Å²) in [6.45, 7) is 7.60. The van der Waals surface area contributed by atoms with Crippen molar-refractivity contribution < 1.29 is 23.8 Å². The summed E-state index contributed by atoms with van der Waals surface area (Å²) in [6, 6.07) is 13.1. The van der Waals surface area contributed by atoms with Crippen LogP contribution >= 0.6 is 0 Å². The van der Waals surface area contributed by atoms with Gasteiger partial charge in [0, 0.05) is 37.1 Å². The Balaban J connectivity index is 1.49. The van der Waals surface area contributed by atoms with Gasteiger partial charge in [-0.2, -0.15) is 9.78 Å². The molecule has 0 spiro atoms. The van der Waals surface area contributed by atoms with E-state index < -0.39 is 11.7 Å². The van der Waals surface area contributed by atoms with E-state index in [1.54, 1.807) is 25.3 Å². The van der Waals surface area contributed by atoms with Gasteiger partial charge in [-0.3, -0.25) is 4.90 Å². The Morgan fingerprint density at radius 2 is 1.92 bits per heavy atom. The van der Waals surface area contributed by atoms with Crippen LogP contribution in [0.5, 0.6) is 5.75 Å². The minimum absolute atomic E-state index is 0.0772. The van der Waals surface area contributed by atoms with Crippen LogP contribution in [0.1, 0.15) is 26.3 Å². The van der Waals surface area contributed by atoms with Gasteiger partial charge in [0.25, 0.3) is 0 Å². The number of ether oxygens (including phenoxy) is 3. The first kappa shape index (κ1) is 25.5. The first-order chi connectivity index (χ1) is 17.2. The molecule has 0 saturated carbocycles. The number of amides is 2. The number of benzene rings is 2. The van der Waals surface area contributed by atoms with Crippen molar-refractivity contribution in [3.8, 4) is 5.75 Å². The Labute approximate surface area is 211 Å². The average Bonchev–Trinajstić information content (AvgIpc) is 3.16. The summed E-state index contributed by atoms with van der Waals surface area (Å²) in [5.41, 5.74) is 1.93. The van der Waals surface area contributed by atoms with E-state index >= 15 is 0 Å². The van der Waals surface area contributed by atoms with Gasteiger partial charge >= 0.3 is 12.1 Å². The molecule has 0 N–H and O–H groups in total. The molecule has 1 aliphatic heterocycles. The Bertz CT molecular complexity index is 1220. The number of rotatable bonds is 4. The Kier molecular flexibility index (Phi) is 7.49. The molecule has 0 aliphatic carbocycles. The highest BCUT2D eigenvalue weighted by atomic mass is 16.6. The second kappa shape index (κ2) is 10.6. The van der Waals surface area contributed by atoms with Gasteiger partial charge in [-0.1, -0.05) is 12.1 Å². The fraction of sp³-hybridized carbons (Fsp3) is 0.444. The van der Waals surface area contributed by atoms with Crippen LogP contribution in [0.15, 0.2) is 48.7 Å². The summed E-state index contributed by atoms with van der Waals surface area (Å²) in [4.78, 5) is 29.4. The van der Waals surface area contributed by atoms with Crippen LogP contribution < -0.4 is 9.64 Å². The molecule has 1 saturated heterocycles. The summed E-state index contributed by atoms with van der Waals surface area (Å²) >= 11 is 0. The van der Waals surface area contributed by atoms with Crippen LogP contribution in [-0.4, -0.2) is 72.9 Å². The number of carbonyl (C=O) groups excluding carboxylic acids is 2. The zero-order valence-electron chi connectivity index (χ0n) is 21.6. The molecule has 2 heterocycles. The lowest BCUT2D eigenvalue weighted by atomic mass is 9.97. The zero-order valence-corrected chi connectivity index (χ0v) is 21.6. The number of anilines is 1. The van der Waals surface area contributed by atoms with Gasteiger partial charge < -0.3 is 19.1 Å². The van der Waals surface area contributed by atoms with Crippen molar-refractivity contribution in [1.29, 1.82) is 0 Å². The second-order valence-electron chi connectivity index (χ2n) is 10.0. The molecule has 1 aliphatic rings. The van der Waals surface area contributed by atoms with Gasteiger partial charge in [-0.15, -0.1) is 0 Å². The molecule has 3 aromatic rings. The fourth-order valence-corrected chi connectivity index (χ4v) is 4.36. The topological polar surface area (TPSA) is 86.1 Å². The summed E-state index contributed by atoms with van der Waals surface area (Å²) in [6.07, 6.45) is 1.88. The smallest absolute Gasteiger partial charge is 0.435 e. The molecular formula is C27H34N4O5. The lowest BCUT2D eigenvalue weighted by molar-refractivity contribution is 0.0522. The van der Waals surface area contributed by atoms with Gasteiger partial charge in [0.2, 0.25) is 0 Å². The maximum Gasteiger partial charge on any atom is 0.435 e. The quantitative estimate of drug-likeness (QED) is 0.528. The normalized spacial score (nSPS) is 16.5. The van der Waals surface area contributed by atoms with Crippen molar-refractivity contribution in [2.75, 3.05) is 45.4 Å². The highest BCUT2D eigenvalue weighted by Gasteiger charge is 2.27. The molecule has 9 heteroatoms. The van der Waals surface area contributed by atoms with Gasteiger partial charge in [-0.25, -0.2) is 9.59 Å². The molecule has 2 aromatic carbocycles. The maximum atomic E-state index is 13.3. The summed E-state index contributed by atoms with van der Waals surface area (Å²) in [5, 5.41) is 5.18. The zero-order chi connectivity index (χ0) is 25.9. The van der Waals surface area contributed by atoms with Crippen molar-refractivity contribution in [3.63, 3.8) is 0 Å². The fourth-order valence-electron chi connectivity index (χ4n) is 4.36. The Morgan fingerprint density at radius 1 is 1.17 bits per heavy atom. The van der Waals surface area contributed by atoms with Crippen molar-refractivity contribution in [2.45, 2.75) is 32.8 Å². The lowest BCUT2D eigenvalue weighted by Gasteiger charge is -2.29. The summed E-state index contributed by atoms with van der Waals surface area (Å²) in [5.74, 6) is 0.836. The summed E-state index contributed by atoms with van der Waals surface area (Å²) in [7, 11) is 3.39. The van der Waals surface area contributed by atoms with E-state index in [0.717, 1.165) is 22.4 Å². The van der Waals surface area contributed by atoms with E-state index in [4.69, 9.17) is 14.2 Å². The largest absolute Gasteiger partial charge is 0.497 e. The third-order valence-corrected chi connectivity index (χ3v) is 6.13. The van der Waals surface area contributed by atoms with Crippen LogP contribution in [0.3, 0.4) is 0 Å².